The number of alkyl halides is 6. The molecule has 2 aliphatic carbocycles. The maximum Gasteiger partial charge on any atom is 0.502 e. The Labute approximate surface area is 218 Å². The molecule has 0 unspecified atom stereocenters. The lowest BCUT2D eigenvalue weighted by Gasteiger charge is -2.27. The van der Waals surface area contributed by atoms with Crippen LogP contribution in [0.2, 0.25) is 0 Å². The number of quaternary nitrogens is 1. The fourth-order valence-electron chi connectivity index (χ4n) is 3.71. The molecule has 1 N–H and O–H groups in total. The average Bonchev–Trinajstić information content (AvgIpc) is 3.17. The molecule has 6 nitrogen and oxygen atoms in total. The van der Waals surface area contributed by atoms with Crippen LogP contribution in [0.3, 0.4) is 0 Å². The van der Waals surface area contributed by atoms with Gasteiger partial charge >= 0.3 is 11.0 Å². The molecule has 1 aromatic rings. The molecule has 0 atom stereocenters. The van der Waals surface area contributed by atoms with E-state index < -0.39 is 51.8 Å². The number of halogens is 6. The number of benzene rings is 1. The van der Waals surface area contributed by atoms with Crippen molar-refractivity contribution < 1.29 is 47.7 Å². The summed E-state index contributed by atoms with van der Waals surface area (Å²) in [6.07, 6.45) is 5.44. The first-order valence-electron chi connectivity index (χ1n) is 11.5. The zero-order valence-electron chi connectivity index (χ0n) is 21.2. The Balaban J connectivity index is 0.000000432. The summed E-state index contributed by atoms with van der Waals surface area (Å²) in [4.78, 5) is -4.38. The molecule has 0 spiro atoms. The van der Waals surface area contributed by atoms with Gasteiger partial charge in [0, 0.05) is 5.57 Å². The number of sulfone groups is 2. The molecule has 2 aliphatic rings. The maximum atomic E-state index is 13.0. The third-order valence-corrected chi connectivity index (χ3v) is 9.44. The van der Waals surface area contributed by atoms with Gasteiger partial charge in [-0.15, -0.1) is 0 Å². The van der Waals surface area contributed by atoms with Gasteiger partial charge in [-0.05, 0) is 48.6 Å². The predicted molar refractivity (Wildman–Crippen MR) is 134 cm³/mol. The number of nitrogens with zero attached hydrogens (tertiary/aromatic N) is 1. The molecular formula is C24H29F6N2O4S2+. The first kappa shape index (κ1) is 31.8. The van der Waals surface area contributed by atoms with Crippen molar-refractivity contribution in [3.63, 3.8) is 0 Å². The number of unbranched alkanes of at least 4 members (excludes halogenated alkanes) is 2. The van der Waals surface area contributed by atoms with Gasteiger partial charge < -0.3 is 4.48 Å². The first-order valence-corrected chi connectivity index (χ1v) is 14.5. The fraction of sp³-hybridized carbons (Fsp3) is 0.458. The minimum absolute atomic E-state index is 0.153. The standard InChI is InChI=1S/C15H7F6NO4S2.C9H22N/c16-14(17,18)27(23,24)11-6-9-8-4-2-1-3-7(8)5-10(9)12(22)13(11)28(25,26)15(19,20)21;1-5-7-8-9-10(3,4)6-2/h1-6,22H;5-9H2,1-4H3/q;+1. The number of fused-ring (bicyclic) bond motifs is 3. The van der Waals surface area contributed by atoms with Gasteiger partial charge in [-0.3, -0.25) is 5.41 Å². The van der Waals surface area contributed by atoms with Gasteiger partial charge in [0.05, 0.1) is 37.8 Å². The van der Waals surface area contributed by atoms with Crippen molar-refractivity contribution >= 4 is 37.0 Å². The van der Waals surface area contributed by atoms with E-state index in [2.05, 4.69) is 27.9 Å². The second kappa shape index (κ2) is 11.0. The topological polar surface area (TPSA) is 92.1 Å². The molecule has 0 heterocycles. The van der Waals surface area contributed by atoms with E-state index in [4.69, 9.17) is 5.41 Å². The Hall–Kier alpha value is -2.45. The molecule has 1 aromatic carbocycles. The van der Waals surface area contributed by atoms with Crippen LogP contribution in [0.5, 0.6) is 0 Å². The summed E-state index contributed by atoms with van der Waals surface area (Å²) >= 11 is 0. The van der Waals surface area contributed by atoms with Gasteiger partial charge in [-0.2, -0.15) is 26.3 Å². The van der Waals surface area contributed by atoms with Crippen molar-refractivity contribution in [2.75, 3.05) is 27.2 Å². The van der Waals surface area contributed by atoms with Crippen molar-refractivity contribution in [1.82, 2.24) is 0 Å². The van der Waals surface area contributed by atoms with E-state index in [-0.39, 0.29) is 22.8 Å². The summed E-state index contributed by atoms with van der Waals surface area (Å²) in [5, 5.41) is 7.82. The van der Waals surface area contributed by atoms with E-state index in [0.29, 0.717) is 0 Å². The minimum Gasteiger partial charge on any atom is -0.329 e. The highest BCUT2D eigenvalue weighted by atomic mass is 32.2. The number of rotatable bonds is 7. The first-order chi connectivity index (χ1) is 17.2. The van der Waals surface area contributed by atoms with E-state index in [1.165, 1.54) is 61.1 Å². The van der Waals surface area contributed by atoms with Gasteiger partial charge in [0.25, 0.3) is 19.7 Å². The Morgan fingerprint density at radius 3 is 1.87 bits per heavy atom. The van der Waals surface area contributed by atoms with Gasteiger partial charge in [-0.25, -0.2) is 16.8 Å². The van der Waals surface area contributed by atoms with Gasteiger partial charge in [0.1, 0.15) is 4.91 Å². The molecule has 0 saturated carbocycles. The SMILES string of the molecule is CCCCC[N+](C)(C)CC.N=C1C2=Cc3ccccc3C2=CC(S(=O)(=O)C(F)(F)F)=C1S(=O)(=O)C(F)(F)F. The Kier molecular flexibility index (Phi) is 9.17. The molecule has 14 heteroatoms. The predicted octanol–water partition coefficient (Wildman–Crippen LogP) is 5.85. The third kappa shape index (κ3) is 6.23. The quantitative estimate of drug-likeness (QED) is 0.246. The minimum atomic E-state index is -6.58. The zero-order valence-corrected chi connectivity index (χ0v) is 22.8. The van der Waals surface area contributed by atoms with Crippen molar-refractivity contribution in [3.8, 4) is 0 Å². The molecular weight excluding hydrogens is 558 g/mol. The summed E-state index contributed by atoms with van der Waals surface area (Å²) in [6.45, 7) is 7.10. The Morgan fingerprint density at radius 2 is 1.37 bits per heavy atom. The van der Waals surface area contributed by atoms with Gasteiger partial charge in [0.15, 0.2) is 0 Å². The van der Waals surface area contributed by atoms with Crippen molar-refractivity contribution in [3.05, 3.63) is 56.9 Å². The van der Waals surface area contributed by atoms with Crippen molar-refractivity contribution in [1.29, 1.82) is 5.41 Å². The van der Waals surface area contributed by atoms with Crippen LogP contribution in [0, 0.1) is 5.41 Å². The molecule has 0 aromatic heterocycles. The molecule has 0 amide bonds. The molecule has 0 radical (unpaired) electrons. The van der Waals surface area contributed by atoms with Crippen LogP contribution >= 0.6 is 0 Å². The van der Waals surface area contributed by atoms with Crippen LogP contribution in [-0.4, -0.2) is 65.2 Å². The smallest absolute Gasteiger partial charge is 0.329 e. The lowest BCUT2D eigenvalue weighted by molar-refractivity contribution is -0.888. The van der Waals surface area contributed by atoms with Crippen molar-refractivity contribution in [2.45, 2.75) is 44.1 Å². The molecule has 0 bridgehead atoms. The van der Waals surface area contributed by atoms with Gasteiger partial charge in [-0.1, -0.05) is 37.6 Å². The number of allylic oxidation sites excluding steroid dienone is 4. The zero-order chi connectivity index (χ0) is 29.3. The number of nitrogens with one attached hydrogen (secondary N) is 1. The molecule has 0 aliphatic heterocycles. The van der Waals surface area contributed by atoms with Crippen LogP contribution in [-0.2, 0) is 19.7 Å². The highest BCUT2D eigenvalue weighted by Crippen LogP contribution is 2.47. The highest BCUT2D eigenvalue weighted by Gasteiger charge is 2.57. The van der Waals surface area contributed by atoms with Crippen LogP contribution < -0.4 is 0 Å². The third-order valence-electron chi connectivity index (χ3n) is 6.23. The average molecular weight is 588 g/mol. The normalized spacial score (nSPS) is 16.3. The molecule has 0 fully saturated rings. The van der Waals surface area contributed by atoms with E-state index in [9.17, 15) is 43.2 Å². The summed E-state index contributed by atoms with van der Waals surface area (Å²) in [5.41, 5.74) is -13.9. The monoisotopic (exact) mass is 587 g/mol. The summed E-state index contributed by atoms with van der Waals surface area (Å²) in [7, 11) is -8.48. The van der Waals surface area contributed by atoms with Crippen LogP contribution in [0.15, 0.2) is 45.7 Å². The highest BCUT2D eigenvalue weighted by molar-refractivity contribution is 8.00. The van der Waals surface area contributed by atoms with Crippen LogP contribution in [0.25, 0.3) is 11.6 Å². The summed E-state index contributed by atoms with van der Waals surface area (Å²) < 4.78 is 127. The molecule has 3 rings (SSSR count). The number of hydrogen-bond acceptors (Lipinski definition) is 5. The molecule has 0 saturated heterocycles. The summed E-state index contributed by atoms with van der Waals surface area (Å²) in [6, 6.07) is 5.69. The summed E-state index contributed by atoms with van der Waals surface area (Å²) in [5.74, 6) is 0. The van der Waals surface area contributed by atoms with Crippen LogP contribution in [0.4, 0.5) is 26.3 Å². The van der Waals surface area contributed by atoms with E-state index in [1.807, 2.05) is 0 Å². The Bertz CT molecular complexity index is 1400. The second-order valence-corrected chi connectivity index (χ2v) is 13.1. The maximum absolute atomic E-state index is 13.0. The van der Waals surface area contributed by atoms with E-state index >= 15 is 0 Å². The van der Waals surface area contributed by atoms with Crippen molar-refractivity contribution in [2.24, 2.45) is 0 Å². The van der Waals surface area contributed by atoms with E-state index in [1.54, 1.807) is 0 Å². The lowest BCUT2D eigenvalue weighted by Crippen LogP contribution is -2.39. The Morgan fingerprint density at radius 1 is 0.816 bits per heavy atom. The largest absolute Gasteiger partial charge is 0.502 e. The van der Waals surface area contributed by atoms with Crippen LogP contribution in [0.1, 0.15) is 44.2 Å². The second-order valence-electron chi connectivity index (χ2n) is 9.35. The fourth-order valence-corrected chi connectivity index (χ4v) is 6.17. The van der Waals surface area contributed by atoms with Gasteiger partial charge in [0.2, 0.25) is 0 Å². The molecule has 212 valence electrons. The van der Waals surface area contributed by atoms with E-state index in [0.717, 1.165) is 6.08 Å². The number of hydrogen-bond donors (Lipinski definition) is 1. The molecule has 38 heavy (non-hydrogen) atoms. The lowest BCUT2D eigenvalue weighted by atomic mass is 9.95.